The van der Waals surface area contributed by atoms with Crippen LogP contribution in [0.25, 0.3) is 6.08 Å². The molecule has 20 heavy (non-hydrogen) atoms. The molecule has 106 valence electrons. The SMILES string of the molecule is O=C(C=Cc1ccc(F)cc1)NC1CCC(C(=O)O)C1. The van der Waals surface area contributed by atoms with Gasteiger partial charge in [0, 0.05) is 12.1 Å². The van der Waals surface area contributed by atoms with E-state index in [1.807, 2.05) is 0 Å². The van der Waals surface area contributed by atoms with Gasteiger partial charge in [-0.2, -0.15) is 0 Å². The van der Waals surface area contributed by atoms with Crippen LogP contribution in [-0.4, -0.2) is 23.0 Å². The Morgan fingerprint density at radius 3 is 2.55 bits per heavy atom. The summed E-state index contributed by atoms with van der Waals surface area (Å²) in [7, 11) is 0. The third-order valence-corrected chi connectivity index (χ3v) is 3.43. The van der Waals surface area contributed by atoms with E-state index in [2.05, 4.69) is 5.32 Å². The van der Waals surface area contributed by atoms with E-state index in [4.69, 9.17) is 5.11 Å². The summed E-state index contributed by atoms with van der Waals surface area (Å²) < 4.78 is 12.7. The van der Waals surface area contributed by atoms with Gasteiger partial charge in [0.1, 0.15) is 5.82 Å². The summed E-state index contributed by atoms with van der Waals surface area (Å²) in [4.78, 5) is 22.5. The number of benzene rings is 1. The minimum atomic E-state index is -0.802. The lowest BCUT2D eigenvalue weighted by molar-refractivity contribution is -0.141. The van der Waals surface area contributed by atoms with Crippen LogP contribution in [0.15, 0.2) is 30.3 Å². The standard InChI is InChI=1S/C15H16FNO3/c16-12-5-1-10(2-6-12)3-8-14(18)17-13-7-4-11(9-13)15(19)20/h1-3,5-6,8,11,13H,4,7,9H2,(H,17,18)(H,19,20). The van der Waals surface area contributed by atoms with Crippen molar-refractivity contribution in [1.82, 2.24) is 5.32 Å². The number of carbonyl (C=O) groups is 2. The Morgan fingerprint density at radius 2 is 1.95 bits per heavy atom. The maximum Gasteiger partial charge on any atom is 0.306 e. The average Bonchev–Trinajstić information content (AvgIpc) is 2.87. The first-order valence-electron chi connectivity index (χ1n) is 6.51. The topological polar surface area (TPSA) is 66.4 Å². The smallest absolute Gasteiger partial charge is 0.306 e. The van der Waals surface area contributed by atoms with E-state index < -0.39 is 5.97 Å². The predicted molar refractivity (Wildman–Crippen MR) is 72.3 cm³/mol. The zero-order valence-corrected chi connectivity index (χ0v) is 10.9. The van der Waals surface area contributed by atoms with E-state index in [0.717, 1.165) is 5.56 Å². The fraction of sp³-hybridized carbons (Fsp3) is 0.333. The number of carbonyl (C=O) groups excluding carboxylic acids is 1. The van der Waals surface area contributed by atoms with Gasteiger partial charge in [-0.05, 0) is 43.0 Å². The molecule has 2 atom stereocenters. The van der Waals surface area contributed by atoms with E-state index >= 15 is 0 Å². The van der Waals surface area contributed by atoms with Gasteiger partial charge in [0.05, 0.1) is 5.92 Å². The maximum absolute atomic E-state index is 12.7. The van der Waals surface area contributed by atoms with Gasteiger partial charge in [0.25, 0.3) is 0 Å². The fourth-order valence-electron chi connectivity index (χ4n) is 2.33. The first kappa shape index (κ1) is 14.2. The normalized spacial score (nSPS) is 22.1. The van der Waals surface area contributed by atoms with Gasteiger partial charge < -0.3 is 10.4 Å². The molecule has 2 N–H and O–H groups in total. The van der Waals surface area contributed by atoms with E-state index in [-0.39, 0.29) is 23.7 Å². The lowest BCUT2D eigenvalue weighted by Gasteiger charge is -2.10. The molecule has 1 saturated carbocycles. The zero-order valence-electron chi connectivity index (χ0n) is 10.9. The molecule has 1 aromatic rings. The Kier molecular flexibility index (Phi) is 4.50. The molecule has 1 amide bonds. The van der Waals surface area contributed by atoms with Crippen LogP contribution in [0, 0.1) is 11.7 Å². The summed E-state index contributed by atoms with van der Waals surface area (Å²) in [6.45, 7) is 0. The van der Waals surface area contributed by atoms with Crippen LogP contribution in [0.2, 0.25) is 0 Å². The predicted octanol–water partition coefficient (Wildman–Crippen LogP) is 2.21. The number of rotatable bonds is 4. The Bertz CT molecular complexity index is 524. The first-order chi connectivity index (χ1) is 9.54. The van der Waals surface area contributed by atoms with Crippen LogP contribution in [0.5, 0.6) is 0 Å². The number of hydrogen-bond donors (Lipinski definition) is 2. The average molecular weight is 277 g/mol. The third kappa shape index (κ3) is 3.91. The molecule has 0 radical (unpaired) electrons. The second-order valence-electron chi connectivity index (χ2n) is 4.94. The minimum Gasteiger partial charge on any atom is -0.481 e. The molecule has 1 aromatic carbocycles. The number of aliphatic carboxylic acids is 1. The summed E-state index contributed by atoms with van der Waals surface area (Å²) >= 11 is 0. The van der Waals surface area contributed by atoms with E-state index in [9.17, 15) is 14.0 Å². The van der Waals surface area contributed by atoms with Crippen molar-refractivity contribution in [3.63, 3.8) is 0 Å². The Morgan fingerprint density at radius 1 is 1.25 bits per heavy atom. The quantitative estimate of drug-likeness (QED) is 0.829. The summed E-state index contributed by atoms with van der Waals surface area (Å²) in [5.41, 5.74) is 0.733. The lowest BCUT2D eigenvalue weighted by Crippen LogP contribution is -2.31. The number of hydrogen-bond acceptors (Lipinski definition) is 2. The molecule has 2 unspecified atom stereocenters. The molecule has 4 nitrogen and oxygen atoms in total. The number of nitrogens with one attached hydrogen (secondary N) is 1. The number of carboxylic acids is 1. The van der Waals surface area contributed by atoms with E-state index in [1.165, 1.54) is 18.2 Å². The van der Waals surface area contributed by atoms with Crippen molar-refractivity contribution in [2.24, 2.45) is 5.92 Å². The van der Waals surface area contributed by atoms with Crippen LogP contribution in [0.3, 0.4) is 0 Å². The van der Waals surface area contributed by atoms with Gasteiger partial charge in [0.2, 0.25) is 5.91 Å². The Labute approximate surface area is 116 Å². The first-order valence-corrected chi connectivity index (χ1v) is 6.51. The molecule has 0 bridgehead atoms. The van der Waals surface area contributed by atoms with Gasteiger partial charge in [-0.1, -0.05) is 12.1 Å². The molecule has 0 heterocycles. The molecule has 0 saturated heterocycles. The second kappa shape index (κ2) is 6.32. The molecule has 5 heteroatoms. The van der Waals surface area contributed by atoms with Gasteiger partial charge >= 0.3 is 5.97 Å². The number of halogens is 1. The van der Waals surface area contributed by atoms with Gasteiger partial charge in [0.15, 0.2) is 0 Å². The molecule has 0 aromatic heterocycles. The monoisotopic (exact) mass is 277 g/mol. The molecule has 1 fully saturated rings. The largest absolute Gasteiger partial charge is 0.481 e. The molecule has 2 rings (SSSR count). The molecule has 1 aliphatic rings. The second-order valence-corrected chi connectivity index (χ2v) is 4.94. The van der Waals surface area contributed by atoms with Crippen molar-refractivity contribution in [3.05, 3.63) is 41.7 Å². The van der Waals surface area contributed by atoms with Gasteiger partial charge in [-0.3, -0.25) is 9.59 Å². The molecular formula is C15H16FNO3. The summed E-state index contributed by atoms with van der Waals surface area (Å²) in [5, 5.41) is 11.7. The lowest BCUT2D eigenvalue weighted by atomic mass is 10.1. The highest BCUT2D eigenvalue weighted by Gasteiger charge is 2.30. The van der Waals surface area contributed by atoms with Crippen molar-refractivity contribution in [2.45, 2.75) is 25.3 Å². The minimum absolute atomic E-state index is 0.0820. The molecule has 0 aliphatic heterocycles. The van der Waals surface area contributed by atoms with Crippen molar-refractivity contribution in [2.75, 3.05) is 0 Å². The Balaban J connectivity index is 1.84. The number of amides is 1. The van der Waals surface area contributed by atoms with Crippen LogP contribution in [-0.2, 0) is 9.59 Å². The van der Waals surface area contributed by atoms with Gasteiger partial charge in [-0.25, -0.2) is 4.39 Å². The van der Waals surface area contributed by atoms with E-state index in [0.29, 0.717) is 19.3 Å². The molecular weight excluding hydrogens is 261 g/mol. The van der Waals surface area contributed by atoms with Gasteiger partial charge in [-0.15, -0.1) is 0 Å². The van der Waals surface area contributed by atoms with Crippen molar-refractivity contribution in [1.29, 1.82) is 0 Å². The highest BCUT2D eigenvalue weighted by molar-refractivity contribution is 5.92. The van der Waals surface area contributed by atoms with Crippen molar-refractivity contribution >= 4 is 18.0 Å². The zero-order chi connectivity index (χ0) is 14.5. The van der Waals surface area contributed by atoms with Crippen LogP contribution in [0.1, 0.15) is 24.8 Å². The van der Waals surface area contributed by atoms with E-state index in [1.54, 1.807) is 18.2 Å². The fourth-order valence-corrected chi connectivity index (χ4v) is 2.33. The van der Waals surface area contributed by atoms with Crippen LogP contribution < -0.4 is 5.32 Å². The summed E-state index contributed by atoms with van der Waals surface area (Å²) in [6.07, 6.45) is 4.74. The van der Waals surface area contributed by atoms with Crippen LogP contribution in [0.4, 0.5) is 4.39 Å². The highest BCUT2D eigenvalue weighted by Crippen LogP contribution is 2.25. The van der Waals surface area contributed by atoms with Crippen LogP contribution >= 0.6 is 0 Å². The molecule has 1 aliphatic carbocycles. The van der Waals surface area contributed by atoms with Crippen molar-refractivity contribution in [3.8, 4) is 0 Å². The van der Waals surface area contributed by atoms with Crippen molar-refractivity contribution < 1.29 is 19.1 Å². The summed E-state index contributed by atoms with van der Waals surface area (Å²) in [6, 6.07) is 5.73. The molecule has 0 spiro atoms. The highest BCUT2D eigenvalue weighted by atomic mass is 19.1. The third-order valence-electron chi connectivity index (χ3n) is 3.43. The summed E-state index contributed by atoms with van der Waals surface area (Å²) in [5.74, 6) is -1.74. The maximum atomic E-state index is 12.7. The number of carboxylic acid groups (broad SMARTS) is 1. The Hall–Kier alpha value is -2.17.